The number of ether oxygens (including phenoxy) is 1. The molecule has 198 valence electrons. The van der Waals surface area contributed by atoms with E-state index in [4.69, 9.17) is 4.74 Å². The first-order valence-corrected chi connectivity index (χ1v) is 13.0. The summed E-state index contributed by atoms with van der Waals surface area (Å²) >= 11 is 0. The van der Waals surface area contributed by atoms with E-state index >= 15 is 0 Å². The zero-order valence-corrected chi connectivity index (χ0v) is 21.8. The number of non-ortho nitro benzene ring substituents is 1. The second-order valence-corrected chi connectivity index (χ2v) is 10.4. The molecular weight excluding hydrogens is 505 g/mol. The van der Waals surface area contributed by atoms with Gasteiger partial charge in [0.05, 0.1) is 10.6 Å². The number of nitro benzene ring substituents is 1. The topological polar surface area (TPSA) is 145 Å². The Morgan fingerprint density at radius 1 is 1.19 bits per heavy atom. The Morgan fingerprint density at radius 2 is 1.84 bits per heavy atom. The highest BCUT2D eigenvalue weighted by Crippen LogP contribution is 2.35. The number of carbonyl (C=O) groups excluding carboxylic acids is 1. The van der Waals surface area contributed by atoms with Crippen LogP contribution in [0.3, 0.4) is 0 Å². The summed E-state index contributed by atoms with van der Waals surface area (Å²) in [6.45, 7) is 8.51. The summed E-state index contributed by atoms with van der Waals surface area (Å²) in [6, 6.07) is 7.75. The highest BCUT2D eigenvalue weighted by molar-refractivity contribution is 7.89. The molecule has 0 radical (unpaired) electrons. The van der Waals surface area contributed by atoms with Gasteiger partial charge in [0.2, 0.25) is 15.9 Å². The van der Waals surface area contributed by atoms with Gasteiger partial charge in [0.25, 0.3) is 11.6 Å². The molecule has 0 bridgehead atoms. The minimum atomic E-state index is -4.23. The van der Waals surface area contributed by atoms with E-state index in [-0.39, 0.29) is 28.9 Å². The zero-order valence-electron chi connectivity index (χ0n) is 21.0. The number of hydrogen-bond acceptors (Lipinski definition) is 7. The van der Waals surface area contributed by atoms with E-state index in [0.29, 0.717) is 12.1 Å². The van der Waals surface area contributed by atoms with Crippen LogP contribution in [0.25, 0.3) is 5.69 Å². The molecule has 0 aliphatic rings. The Balaban J connectivity index is 2.20. The van der Waals surface area contributed by atoms with Gasteiger partial charge in [-0.1, -0.05) is 6.92 Å². The molecule has 2 aromatic carbocycles. The van der Waals surface area contributed by atoms with Crippen molar-refractivity contribution in [2.24, 2.45) is 0 Å². The highest BCUT2D eigenvalue weighted by atomic mass is 32.2. The van der Waals surface area contributed by atoms with Crippen LogP contribution in [-0.4, -0.2) is 41.1 Å². The van der Waals surface area contributed by atoms with Crippen LogP contribution in [-0.2, 0) is 10.0 Å². The summed E-state index contributed by atoms with van der Waals surface area (Å²) in [4.78, 5) is 23.1. The number of benzene rings is 2. The van der Waals surface area contributed by atoms with Crippen LogP contribution in [0.15, 0.2) is 47.4 Å². The molecule has 1 aromatic heterocycles. The third-order valence-corrected chi connectivity index (χ3v) is 7.05. The van der Waals surface area contributed by atoms with E-state index in [0.717, 1.165) is 18.2 Å². The maximum atomic E-state index is 13.6. The molecule has 1 amide bonds. The Bertz CT molecular complexity index is 1420. The lowest BCUT2D eigenvalue weighted by Crippen LogP contribution is -2.32. The van der Waals surface area contributed by atoms with Crippen molar-refractivity contribution in [2.45, 2.75) is 58.0 Å². The van der Waals surface area contributed by atoms with Crippen molar-refractivity contribution in [3.63, 3.8) is 0 Å². The maximum absolute atomic E-state index is 13.6. The number of hydrogen-bond donors (Lipinski definition) is 2. The molecule has 0 unspecified atom stereocenters. The number of halogens is 1. The standard InChI is InChI=1S/C24H28FN5O6S/c1-6-15(4)26-23(31)22-16(5)24(29(27-22)18-9-7-17(25)8-10-18)36-20-12-11-19(30(32)33)13-21(20)37(34,35)28-14(2)3/h7-15,28H,6H2,1-5H3,(H,26,31)/t15-/m1/s1. The van der Waals surface area contributed by atoms with Gasteiger partial charge in [-0.25, -0.2) is 17.5 Å². The van der Waals surface area contributed by atoms with E-state index in [2.05, 4.69) is 15.1 Å². The molecule has 3 aromatic rings. The summed E-state index contributed by atoms with van der Waals surface area (Å²) < 4.78 is 49.3. The summed E-state index contributed by atoms with van der Waals surface area (Å²) in [7, 11) is -4.23. The predicted octanol–water partition coefficient (Wildman–Crippen LogP) is 4.24. The van der Waals surface area contributed by atoms with Crippen molar-refractivity contribution in [3.05, 3.63) is 69.7 Å². The molecule has 0 spiro atoms. The molecule has 37 heavy (non-hydrogen) atoms. The van der Waals surface area contributed by atoms with Crippen molar-refractivity contribution >= 4 is 21.6 Å². The van der Waals surface area contributed by atoms with Gasteiger partial charge in [-0.3, -0.25) is 14.9 Å². The SMILES string of the molecule is CC[C@@H](C)NC(=O)c1nn(-c2ccc(F)cc2)c(Oc2ccc([N+](=O)[O-])cc2S(=O)(=O)NC(C)C)c1C. The van der Waals surface area contributed by atoms with Crippen LogP contribution in [0.2, 0.25) is 0 Å². The third kappa shape index (κ3) is 6.30. The highest BCUT2D eigenvalue weighted by Gasteiger charge is 2.28. The average molecular weight is 534 g/mol. The van der Waals surface area contributed by atoms with Gasteiger partial charge in [0, 0.05) is 29.8 Å². The van der Waals surface area contributed by atoms with Crippen LogP contribution >= 0.6 is 0 Å². The van der Waals surface area contributed by atoms with Crippen molar-refractivity contribution in [2.75, 3.05) is 0 Å². The van der Waals surface area contributed by atoms with E-state index in [1.54, 1.807) is 20.8 Å². The Kier molecular flexibility index (Phi) is 8.28. The quantitative estimate of drug-likeness (QED) is 0.293. The van der Waals surface area contributed by atoms with E-state index in [1.165, 1.54) is 28.9 Å². The number of nitrogens with zero attached hydrogens (tertiary/aromatic N) is 3. The Hall–Kier alpha value is -3.84. The van der Waals surface area contributed by atoms with Crippen LogP contribution < -0.4 is 14.8 Å². The molecular formula is C24H28FN5O6S. The van der Waals surface area contributed by atoms with E-state index in [9.17, 15) is 27.7 Å². The molecule has 3 rings (SSSR count). The van der Waals surface area contributed by atoms with Gasteiger partial charge in [-0.05, 0) is 64.4 Å². The van der Waals surface area contributed by atoms with E-state index < -0.39 is 43.3 Å². The largest absolute Gasteiger partial charge is 0.437 e. The first-order valence-electron chi connectivity index (χ1n) is 11.5. The van der Waals surface area contributed by atoms with Gasteiger partial charge in [0.1, 0.15) is 16.5 Å². The third-order valence-electron chi connectivity index (χ3n) is 5.37. The van der Waals surface area contributed by atoms with Crippen LogP contribution in [0.4, 0.5) is 10.1 Å². The molecule has 1 atom stereocenters. The average Bonchev–Trinajstić information content (AvgIpc) is 3.14. The molecule has 1 heterocycles. The second-order valence-electron chi connectivity index (χ2n) is 8.72. The molecule has 0 aliphatic carbocycles. The molecule has 0 saturated heterocycles. The number of amides is 1. The normalized spacial score (nSPS) is 12.4. The number of aromatic nitrogens is 2. The zero-order chi connectivity index (χ0) is 27.5. The summed E-state index contributed by atoms with van der Waals surface area (Å²) in [5.74, 6) is -1.21. The first kappa shape index (κ1) is 27.7. The fraction of sp³-hybridized carbons (Fsp3) is 0.333. The maximum Gasteiger partial charge on any atom is 0.272 e. The van der Waals surface area contributed by atoms with Gasteiger partial charge >= 0.3 is 0 Å². The summed E-state index contributed by atoms with van der Waals surface area (Å²) in [5.41, 5.74) is 0.192. The Labute approximate surface area is 213 Å². The number of rotatable bonds is 10. The number of sulfonamides is 1. The molecule has 0 aliphatic heterocycles. The van der Waals surface area contributed by atoms with Gasteiger partial charge in [-0.2, -0.15) is 9.78 Å². The monoisotopic (exact) mass is 533 g/mol. The lowest BCUT2D eigenvalue weighted by atomic mass is 10.2. The molecule has 0 fully saturated rings. The number of nitrogens with one attached hydrogen (secondary N) is 2. The summed E-state index contributed by atoms with van der Waals surface area (Å²) in [5, 5.41) is 18.5. The number of nitro groups is 1. The smallest absolute Gasteiger partial charge is 0.272 e. The van der Waals surface area contributed by atoms with Gasteiger partial charge < -0.3 is 10.1 Å². The second kappa shape index (κ2) is 11.0. The van der Waals surface area contributed by atoms with Crippen LogP contribution in [0.5, 0.6) is 11.6 Å². The first-order chi connectivity index (χ1) is 17.3. The fourth-order valence-electron chi connectivity index (χ4n) is 3.35. The van der Waals surface area contributed by atoms with E-state index in [1.807, 2.05) is 13.8 Å². The van der Waals surface area contributed by atoms with Crippen molar-refractivity contribution in [1.29, 1.82) is 0 Å². The number of carbonyl (C=O) groups is 1. The van der Waals surface area contributed by atoms with Crippen LogP contribution in [0.1, 0.15) is 50.2 Å². The molecule has 0 saturated carbocycles. The van der Waals surface area contributed by atoms with Crippen LogP contribution in [0, 0.1) is 22.9 Å². The summed E-state index contributed by atoms with van der Waals surface area (Å²) in [6.07, 6.45) is 0.680. The minimum Gasteiger partial charge on any atom is -0.437 e. The van der Waals surface area contributed by atoms with Gasteiger partial charge in [-0.15, -0.1) is 0 Å². The van der Waals surface area contributed by atoms with Gasteiger partial charge in [0.15, 0.2) is 5.69 Å². The van der Waals surface area contributed by atoms with Crippen molar-refractivity contribution < 1.29 is 27.3 Å². The molecule has 13 heteroatoms. The van der Waals surface area contributed by atoms with Crippen molar-refractivity contribution in [3.8, 4) is 17.3 Å². The van der Waals surface area contributed by atoms with Crippen molar-refractivity contribution in [1.82, 2.24) is 19.8 Å². The predicted molar refractivity (Wildman–Crippen MR) is 134 cm³/mol. The fourth-order valence-corrected chi connectivity index (χ4v) is 4.75. The molecule has 11 nitrogen and oxygen atoms in total. The molecule has 2 N–H and O–H groups in total. The minimum absolute atomic E-state index is 0.0178. The lowest BCUT2D eigenvalue weighted by molar-refractivity contribution is -0.385. The lowest BCUT2D eigenvalue weighted by Gasteiger charge is -2.15. The Morgan fingerprint density at radius 3 is 2.41 bits per heavy atom.